The second-order valence-electron chi connectivity index (χ2n) is 6.74. The first kappa shape index (κ1) is 14.3. The maximum atomic E-state index is 2.44. The molecule has 0 spiro atoms. The third-order valence-electron chi connectivity index (χ3n) is 5.05. The Morgan fingerprint density at radius 1 is 0.864 bits per heavy atom. The first-order chi connectivity index (χ1) is 10.6. The van der Waals surface area contributed by atoms with Crippen LogP contribution in [0.5, 0.6) is 0 Å². The molecule has 2 aromatic carbocycles. The van der Waals surface area contributed by atoms with Gasteiger partial charge in [-0.1, -0.05) is 62.4 Å². The van der Waals surface area contributed by atoms with Crippen molar-refractivity contribution in [2.45, 2.75) is 32.1 Å². The molecule has 0 nitrogen and oxygen atoms in total. The van der Waals surface area contributed by atoms with Crippen LogP contribution in [-0.2, 0) is 5.41 Å². The highest BCUT2D eigenvalue weighted by atomic mass is 127. The molecule has 0 aromatic heterocycles. The molecule has 0 heterocycles. The molecule has 0 bridgehead atoms. The number of halogens is 1. The molecule has 0 saturated carbocycles. The van der Waals surface area contributed by atoms with E-state index in [1.807, 2.05) is 0 Å². The lowest BCUT2D eigenvalue weighted by atomic mass is 9.81. The van der Waals surface area contributed by atoms with Gasteiger partial charge in [-0.25, -0.2) is 0 Å². The summed E-state index contributed by atoms with van der Waals surface area (Å²) in [6.07, 6.45) is 6.88. The Morgan fingerprint density at radius 2 is 1.64 bits per heavy atom. The highest BCUT2D eigenvalue weighted by molar-refractivity contribution is 14.1. The Balaban J connectivity index is 1.86. The fourth-order valence-corrected chi connectivity index (χ4v) is 4.21. The highest BCUT2D eigenvalue weighted by Crippen LogP contribution is 2.49. The minimum atomic E-state index is 0.0986. The average Bonchev–Trinajstić information content (AvgIpc) is 2.77. The van der Waals surface area contributed by atoms with E-state index in [1.165, 1.54) is 43.4 Å². The largest absolute Gasteiger partial charge is 0.0619 e. The fourth-order valence-electron chi connectivity index (χ4n) is 3.76. The zero-order valence-corrected chi connectivity index (χ0v) is 15.1. The molecule has 0 radical (unpaired) electrons. The van der Waals surface area contributed by atoms with Crippen molar-refractivity contribution in [2.75, 3.05) is 0 Å². The van der Waals surface area contributed by atoms with E-state index in [1.54, 1.807) is 0 Å². The van der Waals surface area contributed by atoms with Crippen molar-refractivity contribution in [1.82, 2.24) is 0 Å². The van der Waals surface area contributed by atoms with Gasteiger partial charge in [-0.2, -0.15) is 0 Å². The van der Waals surface area contributed by atoms with E-state index in [-0.39, 0.29) is 5.41 Å². The van der Waals surface area contributed by atoms with Crippen LogP contribution in [0.2, 0.25) is 0 Å². The summed E-state index contributed by atoms with van der Waals surface area (Å²) >= 11 is 2.44. The first-order valence-electron chi connectivity index (χ1n) is 7.87. The summed E-state index contributed by atoms with van der Waals surface area (Å²) in [5.41, 5.74) is 8.69. The second-order valence-corrected chi connectivity index (χ2v) is 8.12. The van der Waals surface area contributed by atoms with Crippen LogP contribution in [0, 0.1) is 0 Å². The Morgan fingerprint density at radius 3 is 2.41 bits per heavy atom. The molecule has 0 saturated heterocycles. The average molecular weight is 398 g/mol. The molecule has 110 valence electrons. The molecule has 1 heteroatoms. The van der Waals surface area contributed by atoms with Gasteiger partial charge in [0.15, 0.2) is 0 Å². The third kappa shape index (κ3) is 2.10. The van der Waals surface area contributed by atoms with Gasteiger partial charge < -0.3 is 0 Å². The molecule has 0 unspecified atom stereocenters. The molecule has 0 fully saturated rings. The Hall–Kier alpha value is -1.35. The van der Waals surface area contributed by atoms with Crippen LogP contribution >= 0.6 is 22.6 Å². The monoisotopic (exact) mass is 398 g/mol. The van der Waals surface area contributed by atoms with Crippen LogP contribution in [0.15, 0.2) is 58.2 Å². The minimum absolute atomic E-state index is 0.0986. The van der Waals surface area contributed by atoms with Crippen molar-refractivity contribution in [3.63, 3.8) is 0 Å². The number of hydrogen-bond donors (Lipinski definition) is 0. The topological polar surface area (TPSA) is 0 Å². The predicted molar refractivity (Wildman–Crippen MR) is 103 cm³/mol. The number of benzene rings is 2. The molecule has 2 aliphatic carbocycles. The van der Waals surface area contributed by atoms with Gasteiger partial charge in [0, 0.05) is 5.41 Å². The summed E-state index contributed by atoms with van der Waals surface area (Å²) < 4.78 is 1.45. The Labute approximate surface area is 146 Å². The SMILES string of the molecule is CC1(C)c2ccccc2-c2ccc(C3=CC=C(I)CC3)cc21. The predicted octanol–water partition coefficient (Wildman–Crippen LogP) is 6.49. The van der Waals surface area contributed by atoms with E-state index < -0.39 is 0 Å². The van der Waals surface area contributed by atoms with Crippen molar-refractivity contribution in [3.8, 4) is 11.1 Å². The van der Waals surface area contributed by atoms with Gasteiger partial charge in [0.05, 0.1) is 0 Å². The van der Waals surface area contributed by atoms with Gasteiger partial charge >= 0.3 is 0 Å². The summed E-state index contributed by atoms with van der Waals surface area (Å²) in [6, 6.07) is 15.9. The van der Waals surface area contributed by atoms with Crippen LogP contribution < -0.4 is 0 Å². The molecule has 0 aliphatic heterocycles. The zero-order valence-electron chi connectivity index (χ0n) is 13.0. The molecule has 2 aliphatic rings. The van der Waals surface area contributed by atoms with Crippen molar-refractivity contribution >= 4 is 28.2 Å². The van der Waals surface area contributed by atoms with E-state index in [0.717, 1.165) is 6.42 Å². The van der Waals surface area contributed by atoms with E-state index >= 15 is 0 Å². The van der Waals surface area contributed by atoms with Crippen LogP contribution in [-0.4, -0.2) is 0 Å². The summed E-state index contributed by atoms with van der Waals surface area (Å²) in [7, 11) is 0. The van der Waals surface area contributed by atoms with Gasteiger partial charge in [0.2, 0.25) is 0 Å². The van der Waals surface area contributed by atoms with Crippen molar-refractivity contribution in [3.05, 3.63) is 74.9 Å². The van der Waals surface area contributed by atoms with Gasteiger partial charge in [0.1, 0.15) is 0 Å². The van der Waals surface area contributed by atoms with E-state index in [4.69, 9.17) is 0 Å². The van der Waals surface area contributed by atoms with Gasteiger partial charge in [-0.05, 0) is 78.5 Å². The van der Waals surface area contributed by atoms with Crippen LogP contribution in [0.3, 0.4) is 0 Å². The van der Waals surface area contributed by atoms with Gasteiger partial charge in [0.25, 0.3) is 0 Å². The molecule has 0 atom stereocenters. The molecule has 2 aromatic rings. The maximum absolute atomic E-state index is 2.44. The zero-order chi connectivity index (χ0) is 15.3. The first-order valence-corrected chi connectivity index (χ1v) is 8.95. The Kier molecular flexibility index (Phi) is 3.30. The Bertz CT molecular complexity index is 822. The highest BCUT2D eigenvalue weighted by Gasteiger charge is 2.35. The van der Waals surface area contributed by atoms with Crippen molar-refractivity contribution in [1.29, 1.82) is 0 Å². The number of rotatable bonds is 1. The summed E-state index contributed by atoms with van der Waals surface area (Å²) in [5, 5.41) is 0. The molecule has 0 N–H and O–H groups in total. The molecule has 4 rings (SSSR count). The van der Waals surface area contributed by atoms with Crippen LogP contribution in [0.4, 0.5) is 0 Å². The van der Waals surface area contributed by atoms with Crippen LogP contribution in [0.25, 0.3) is 16.7 Å². The van der Waals surface area contributed by atoms with E-state index in [9.17, 15) is 0 Å². The number of fused-ring (bicyclic) bond motifs is 3. The quantitative estimate of drug-likeness (QED) is 0.482. The van der Waals surface area contributed by atoms with Gasteiger partial charge in [-0.15, -0.1) is 0 Å². The smallest absolute Gasteiger partial charge is 0.0159 e. The lowest BCUT2D eigenvalue weighted by Gasteiger charge is -2.22. The van der Waals surface area contributed by atoms with Gasteiger partial charge in [-0.3, -0.25) is 0 Å². The van der Waals surface area contributed by atoms with Crippen molar-refractivity contribution in [2.24, 2.45) is 0 Å². The fraction of sp³-hybridized carbons (Fsp3) is 0.238. The van der Waals surface area contributed by atoms with Crippen LogP contribution in [0.1, 0.15) is 43.4 Å². The molecule has 0 amide bonds. The second kappa shape index (κ2) is 5.09. The molecule has 22 heavy (non-hydrogen) atoms. The summed E-state index contributed by atoms with van der Waals surface area (Å²) in [4.78, 5) is 0. The summed E-state index contributed by atoms with van der Waals surface area (Å²) in [6.45, 7) is 4.69. The van der Waals surface area contributed by atoms with E-state index in [0.29, 0.717) is 0 Å². The summed E-state index contributed by atoms with van der Waals surface area (Å²) in [5.74, 6) is 0. The standard InChI is InChI=1S/C21H19I/c1-21(2)19-6-4-3-5-17(19)18-12-9-15(13-20(18)21)14-7-10-16(22)11-8-14/h3-7,9-10,12-13H,8,11H2,1-2H3. The number of allylic oxidation sites excluding steroid dienone is 4. The normalized spacial score (nSPS) is 18.3. The minimum Gasteiger partial charge on any atom is -0.0619 e. The number of hydrogen-bond acceptors (Lipinski definition) is 0. The molecular weight excluding hydrogens is 379 g/mol. The lowest BCUT2D eigenvalue weighted by molar-refractivity contribution is 0.660. The molecular formula is C21H19I. The lowest BCUT2D eigenvalue weighted by Crippen LogP contribution is -2.15. The third-order valence-corrected chi connectivity index (χ3v) is 5.95. The van der Waals surface area contributed by atoms with E-state index in [2.05, 4.69) is 91.1 Å². The maximum Gasteiger partial charge on any atom is 0.0159 e. The van der Waals surface area contributed by atoms with Crippen molar-refractivity contribution < 1.29 is 0 Å².